The maximum Gasteiger partial charge on any atom is 0.339 e. The molecule has 1 radical (unpaired) electrons. The van der Waals surface area contributed by atoms with E-state index in [1.165, 1.54) is 6.07 Å². The van der Waals surface area contributed by atoms with Crippen LogP contribution in [0.2, 0.25) is 0 Å². The first-order valence-corrected chi connectivity index (χ1v) is 4.93. The summed E-state index contributed by atoms with van der Waals surface area (Å²) in [6.45, 7) is 0. The van der Waals surface area contributed by atoms with Crippen LogP contribution in [0.1, 0.15) is 10.4 Å². The number of benzene rings is 1. The fourth-order valence-electron chi connectivity index (χ4n) is 0.756. The van der Waals surface area contributed by atoms with Crippen LogP contribution in [0.5, 0.6) is 5.75 Å². The number of rotatable bonds is 2. The quantitative estimate of drug-likeness (QED) is 0.616. The topological polar surface area (TPSA) is 46.5 Å². The molecule has 1 aromatic rings. The largest absolute Gasteiger partial charge is 0.478 e. The van der Waals surface area contributed by atoms with E-state index in [9.17, 15) is 4.79 Å². The minimum Gasteiger partial charge on any atom is -0.478 e. The Morgan fingerprint density at radius 3 is 2.46 bits per heavy atom. The van der Waals surface area contributed by atoms with Gasteiger partial charge in [0.15, 0.2) is 28.8 Å². The van der Waals surface area contributed by atoms with Gasteiger partial charge in [-0.2, -0.15) is 0 Å². The van der Waals surface area contributed by atoms with E-state index in [1.54, 1.807) is 35.1 Å². The molecule has 0 bridgehead atoms. The first kappa shape index (κ1) is 13.5. The van der Waals surface area contributed by atoms with Crippen LogP contribution < -0.4 is 3.07 Å². The number of hydrogen-bond donors (Lipinski definition) is 1. The molecule has 0 amide bonds. The van der Waals surface area contributed by atoms with Crippen LogP contribution >= 0.6 is 45.6 Å². The predicted octanol–water partition coefficient (Wildman–Crippen LogP) is 2.34. The van der Waals surface area contributed by atoms with E-state index in [0.29, 0.717) is 5.75 Å². The van der Waals surface area contributed by atoms with E-state index in [2.05, 4.69) is 0 Å². The molecule has 65 valence electrons. The number of carboxylic acid groups (broad SMARTS) is 1. The second-order valence-corrected chi connectivity index (χ2v) is 3.60. The van der Waals surface area contributed by atoms with Crippen LogP contribution in [-0.2, 0) is 0 Å². The van der Waals surface area contributed by atoms with E-state index in [1.807, 2.05) is 22.6 Å². The summed E-state index contributed by atoms with van der Waals surface area (Å²) in [4.78, 5) is 10.6. The molecule has 1 aromatic carbocycles. The van der Waals surface area contributed by atoms with Crippen molar-refractivity contribution < 1.29 is 13.0 Å². The average Bonchev–Trinajstić information content (AvgIpc) is 2.03. The van der Waals surface area contributed by atoms with Crippen molar-refractivity contribution in [2.75, 3.05) is 0 Å². The summed E-state index contributed by atoms with van der Waals surface area (Å²) in [5.74, 6) is -0.564. The minimum atomic E-state index is -0.972. The third-order valence-electron chi connectivity index (χ3n) is 1.27. The minimum absolute atomic E-state index is 0. The third-order valence-corrected chi connectivity index (χ3v) is 2.56. The van der Waals surface area contributed by atoms with Gasteiger partial charge in [-0.1, -0.05) is 6.07 Å². The number of carbonyl (C=O) groups is 1. The molecule has 0 aliphatic rings. The van der Waals surface area contributed by atoms with Crippen LogP contribution in [-0.4, -0.2) is 29.9 Å². The van der Waals surface area contributed by atoms with Gasteiger partial charge in [0, 0.05) is 18.9 Å². The Balaban J connectivity index is 0.00000144. The van der Waals surface area contributed by atoms with E-state index < -0.39 is 5.97 Å². The molecule has 0 aliphatic carbocycles. The van der Waals surface area contributed by atoms with E-state index in [0.717, 1.165) is 3.57 Å². The Morgan fingerprint density at radius 2 is 2.08 bits per heavy atom. The van der Waals surface area contributed by atoms with Crippen molar-refractivity contribution in [2.45, 2.75) is 0 Å². The van der Waals surface area contributed by atoms with E-state index in [4.69, 9.17) is 8.17 Å². The van der Waals surface area contributed by atoms with Gasteiger partial charge in [-0.05, 0) is 34.7 Å². The number of aromatic carboxylic acids is 1. The van der Waals surface area contributed by atoms with E-state index in [-0.39, 0.29) is 24.4 Å². The van der Waals surface area contributed by atoms with Gasteiger partial charge in [0.25, 0.3) is 0 Å². The van der Waals surface area contributed by atoms with Gasteiger partial charge in [-0.15, -0.1) is 0 Å². The Hall–Kier alpha value is 0.547. The Morgan fingerprint density at radius 1 is 1.46 bits per heavy atom. The van der Waals surface area contributed by atoms with Crippen molar-refractivity contribution in [2.24, 2.45) is 0 Å². The zero-order valence-corrected chi connectivity index (χ0v) is 11.1. The second-order valence-electron chi connectivity index (χ2n) is 2.00. The molecule has 6 heteroatoms. The SMILES string of the molecule is O=C(O)c1cccc(I)c1OI.[Li]. The smallest absolute Gasteiger partial charge is 0.339 e. The van der Waals surface area contributed by atoms with E-state index >= 15 is 0 Å². The summed E-state index contributed by atoms with van der Waals surface area (Å²) in [6.07, 6.45) is 0. The zero-order valence-electron chi connectivity index (χ0n) is 6.75. The molecular formula is C7H4I2LiO3. The standard InChI is InChI=1S/C7H4I2O3.Li/c8-5-3-1-2-4(7(10)11)6(5)12-9;/h1-3H,(H,10,11);. The third kappa shape index (κ3) is 3.31. The van der Waals surface area contributed by atoms with Gasteiger partial charge in [0.1, 0.15) is 5.56 Å². The molecule has 0 unspecified atom stereocenters. The number of halogens is 2. The molecule has 3 nitrogen and oxygen atoms in total. The summed E-state index contributed by atoms with van der Waals surface area (Å²) < 4.78 is 5.71. The van der Waals surface area contributed by atoms with Gasteiger partial charge < -0.3 is 8.17 Å². The first-order chi connectivity index (χ1) is 5.66. The van der Waals surface area contributed by atoms with Gasteiger partial charge in [0.05, 0.1) is 3.57 Å². The number of carboxylic acids is 1. The van der Waals surface area contributed by atoms with Crippen LogP contribution in [0.4, 0.5) is 0 Å². The van der Waals surface area contributed by atoms with Gasteiger partial charge in [0.2, 0.25) is 0 Å². The zero-order chi connectivity index (χ0) is 9.14. The van der Waals surface area contributed by atoms with Crippen molar-refractivity contribution >= 4 is 70.4 Å². The Labute approximate surface area is 115 Å². The number of hydrogen-bond acceptors (Lipinski definition) is 2. The summed E-state index contributed by atoms with van der Waals surface area (Å²) in [7, 11) is 0. The molecule has 1 N–H and O–H groups in total. The van der Waals surface area contributed by atoms with Crippen molar-refractivity contribution in [3.05, 3.63) is 27.3 Å². The molecule has 0 heterocycles. The van der Waals surface area contributed by atoms with Crippen LogP contribution in [0.15, 0.2) is 18.2 Å². The maximum absolute atomic E-state index is 10.6. The molecule has 0 atom stereocenters. The Bertz CT molecular complexity index is 317. The fourth-order valence-corrected chi connectivity index (χ4v) is 2.26. The normalized spacial score (nSPS) is 8.77. The first-order valence-electron chi connectivity index (χ1n) is 2.97. The predicted molar refractivity (Wildman–Crippen MR) is 66.5 cm³/mol. The second kappa shape index (κ2) is 6.11. The number of para-hydroxylation sites is 1. The van der Waals surface area contributed by atoms with Crippen molar-refractivity contribution in [3.8, 4) is 5.75 Å². The van der Waals surface area contributed by atoms with Gasteiger partial charge in [-0.25, -0.2) is 4.79 Å². The van der Waals surface area contributed by atoms with Crippen LogP contribution in [0.3, 0.4) is 0 Å². The fraction of sp³-hybridized carbons (Fsp3) is 0. The summed E-state index contributed by atoms with van der Waals surface area (Å²) >= 11 is 3.70. The monoisotopic (exact) mass is 397 g/mol. The molecule has 0 aromatic heterocycles. The molecule has 0 saturated carbocycles. The summed E-state index contributed by atoms with van der Waals surface area (Å²) in [6, 6.07) is 4.99. The van der Waals surface area contributed by atoms with Gasteiger partial charge in [-0.3, -0.25) is 0 Å². The van der Waals surface area contributed by atoms with Crippen molar-refractivity contribution in [1.29, 1.82) is 0 Å². The molecule has 0 aliphatic heterocycles. The van der Waals surface area contributed by atoms with Crippen LogP contribution in [0.25, 0.3) is 0 Å². The van der Waals surface area contributed by atoms with Gasteiger partial charge >= 0.3 is 5.97 Å². The maximum atomic E-state index is 10.6. The molecule has 0 saturated heterocycles. The molecular weight excluding hydrogens is 393 g/mol. The van der Waals surface area contributed by atoms with Crippen molar-refractivity contribution in [1.82, 2.24) is 0 Å². The van der Waals surface area contributed by atoms with Crippen molar-refractivity contribution in [3.63, 3.8) is 0 Å². The molecule has 0 fully saturated rings. The average molecular weight is 397 g/mol. The molecule has 0 spiro atoms. The summed E-state index contributed by atoms with van der Waals surface area (Å²) in [5, 5.41) is 8.73. The van der Waals surface area contributed by atoms with Crippen LogP contribution in [0, 0.1) is 3.57 Å². The Kier molecular flexibility index (Phi) is 6.37. The molecule has 1 rings (SSSR count). The summed E-state index contributed by atoms with van der Waals surface area (Å²) in [5.41, 5.74) is 0.191. The molecule has 13 heavy (non-hydrogen) atoms.